The van der Waals surface area contributed by atoms with Crippen molar-refractivity contribution < 1.29 is 23.1 Å². The first-order chi connectivity index (χ1) is 9.45. The van der Waals surface area contributed by atoms with E-state index in [1.54, 1.807) is 32.0 Å². The first kappa shape index (κ1) is 16.9. The minimum absolute atomic E-state index is 0.191. The first-order valence-corrected chi connectivity index (χ1v) is 8.24. The quantitative estimate of drug-likeness (QED) is 0.569. The molecular weight excluding hydrogens is 279 g/mol. The van der Waals surface area contributed by atoms with Gasteiger partial charge in [-0.2, -0.15) is 0 Å². The molecule has 0 saturated carbocycles. The fourth-order valence-electron chi connectivity index (χ4n) is 1.91. The minimum atomic E-state index is -3.12. The average Bonchev–Trinajstić information content (AvgIpc) is 2.38. The number of hydrogen-bond donors (Lipinski definition) is 0. The van der Waals surface area contributed by atoms with Gasteiger partial charge in [-0.05, 0) is 38.0 Å². The number of benzene rings is 1. The lowest BCUT2D eigenvalue weighted by atomic mass is 10.1. The minimum Gasteiger partial charge on any atom is -0.465 e. The van der Waals surface area contributed by atoms with Gasteiger partial charge in [0, 0.05) is 0 Å². The van der Waals surface area contributed by atoms with E-state index in [0.717, 1.165) is 11.1 Å². The number of rotatable bonds is 7. The Morgan fingerprint density at radius 3 is 2.25 bits per heavy atom. The zero-order valence-electron chi connectivity index (χ0n) is 12.3. The Balaban J connectivity index is 2.95. The molecule has 5 nitrogen and oxygen atoms in total. The summed E-state index contributed by atoms with van der Waals surface area (Å²) in [4.78, 5) is 11.5. The summed E-state index contributed by atoms with van der Waals surface area (Å²) in [7, 11) is -1.78. The number of ether oxygens (including phenoxy) is 1. The third-order valence-electron chi connectivity index (χ3n) is 2.72. The number of carbonyl (C=O) groups is 1. The van der Waals surface area contributed by atoms with Crippen LogP contribution < -0.4 is 0 Å². The lowest BCUT2D eigenvalue weighted by molar-refractivity contribution is 0.0600. The van der Waals surface area contributed by atoms with Gasteiger partial charge in [-0.3, -0.25) is 4.57 Å². The summed E-state index contributed by atoms with van der Waals surface area (Å²) in [5.74, 6) is -0.383. The molecule has 0 aromatic heterocycles. The van der Waals surface area contributed by atoms with Crippen molar-refractivity contribution in [2.45, 2.75) is 26.9 Å². The Morgan fingerprint density at radius 1 is 1.20 bits per heavy atom. The summed E-state index contributed by atoms with van der Waals surface area (Å²) in [6.07, 6.45) is 0.191. The molecule has 1 aromatic rings. The largest absolute Gasteiger partial charge is 0.465 e. The van der Waals surface area contributed by atoms with Gasteiger partial charge in [-0.1, -0.05) is 12.1 Å². The topological polar surface area (TPSA) is 61.8 Å². The van der Waals surface area contributed by atoms with E-state index in [1.807, 2.05) is 6.92 Å². The molecule has 20 heavy (non-hydrogen) atoms. The number of methoxy groups -OCH3 is 1. The molecular formula is C14H21O5P. The molecule has 0 radical (unpaired) electrons. The molecule has 0 fully saturated rings. The monoisotopic (exact) mass is 300 g/mol. The molecule has 6 heteroatoms. The van der Waals surface area contributed by atoms with Gasteiger partial charge < -0.3 is 13.8 Å². The van der Waals surface area contributed by atoms with Crippen LogP contribution in [0.2, 0.25) is 0 Å². The fraction of sp³-hybridized carbons (Fsp3) is 0.500. The Labute approximate surface area is 119 Å². The molecule has 0 atom stereocenters. The summed E-state index contributed by atoms with van der Waals surface area (Å²) in [5, 5.41) is 0. The van der Waals surface area contributed by atoms with Crippen LogP contribution in [-0.2, 0) is 24.5 Å². The highest BCUT2D eigenvalue weighted by Gasteiger charge is 2.24. The van der Waals surface area contributed by atoms with Crippen LogP contribution in [-0.4, -0.2) is 26.3 Å². The van der Waals surface area contributed by atoms with E-state index in [-0.39, 0.29) is 12.1 Å². The van der Waals surface area contributed by atoms with Crippen molar-refractivity contribution in [1.29, 1.82) is 0 Å². The van der Waals surface area contributed by atoms with Gasteiger partial charge in [-0.15, -0.1) is 0 Å². The smallest absolute Gasteiger partial charge is 0.338 e. The van der Waals surface area contributed by atoms with Crippen LogP contribution in [0, 0.1) is 6.92 Å². The van der Waals surface area contributed by atoms with E-state index in [2.05, 4.69) is 0 Å². The molecule has 0 unspecified atom stereocenters. The van der Waals surface area contributed by atoms with E-state index in [9.17, 15) is 9.36 Å². The molecule has 1 aromatic carbocycles. The molecule has 1 rings (SSSR count). The highest BCUT2D eigenvalue weighted by atomic mass is 31.2. The maximum atomic E-state index is 12.4. The maximum absolute atomic E-state index is 12.4. The highest BCUT2D eigenvalue weighted by Crippen LogP contribution is 2.51. The molecule has 0 amide bonds. The zero-order chi connectivity index (χ0) is 15.2. The first-order valence-electron chi connectivity index (χ1n) is 6.51. The van der Waals surface area contributed by atoms with Gasteiger partial charge in [-0.25, -0.2) is 4.79 Å². The van der Waals surface area contributed by atoms with E-state index in [0.29, 0.717) is 18.8 Å². The number of hydrogen-bond acceptors (Lipinski definition) is 5. The third kappa shape index (κ3) is 4.44. The zero-order valence-corrected chi connectivity index (χ0v) is 13.2. The van der Waals surface area contributed by atoms with Crippen molar-refractivity contribution in [3.05, 3.63) is 34.9 Å². The van der Waals surface area contributed by atoms with Crippen LogP contribution in [0.15, 0.2) is 18.2 Å². The second-order valence-electron chi connectivity index (χ2n) is 4.25. The second-order valence-corrected chi connectivity index (χ2v) is 6.30. The predicted octanol–water partition coefficient (Wildman–Crippen LogP) is 3.55. The van der Waals surface area contributed by atoms with Crippen LogP contribution in [0.3, 0.4) is 0 Å². The normalized spacial score (nSPS) is 11.4. The van der Waals surface area contributed by atoms with E-state index in [4.69, 9.17) is 13.8 Å². The molecule has 0 aliphatic heterocycles. The molecule has 112 valence electrons. The van der Waals surface area contributed by atoms with Gasteiger partial charge in [0.05, 0.1) is 32.0 Å². The lowest BCUT2D eigenvalue weighted by Gasteiger charge is -2.17. The van der Waals surface area contributed by atoms with Crippen LogP contribution in [0.25, 0.3) is 0 Å². The number of aryl methyl sites for hydroxylation is 1. The standard InChI is InChI=1S/C14H21O5P/c1-5-18-20(16,19-6-2)10-12-7-8-13(11(3)9-12)14(15)17-4/h7-9H,5-6,10H2,1-4H3. The van der Waals surface area contributed by atoms with E-state index < -0.39 is 7.60 Å². The van der Waals surface area contributed by atoms with Crippen molar-refractivity contribution in [2.24, 2.45) is 0 Å². The summed E-state index contributed by atoms with van der Waals surface area (Å²) < 4.78 is 27.6. The van der Waals surface area contributed by atoms with Gasteiger partial charge in [0.25, 0.3) is 0 Å². The molecule has 0 N–H and O–H groups in total. The fourth-order valence-corrected chi connectivity index (χ4v) is 3.60. The Kier molecular flexibility index (Phi) is 6.40. The van der Waals surface area contributed by atoms with Crippen molar-refractivity contribution in [1.82, 2.24) is 0 Å². The molecule has 0 spiro atoms. The van der Waals surface area contributed by atoms with Gasteiger partial charge in [0.2, 0.25) is 0 Å². The second kappa shape index (κ2) is 7.58. The Hall–Kier alpha value is -1.16. The number of esters is 1. The molecule has 0 heterocycles. The van der Waals surface area contributed by atoms with Crippen LogP contribution >= 0.6 is 7.60 Å². The average molecular weight is 300 g/mol. The highest BCUT2D eigenvalue weighted by molar-refractivity contribution is 7.53. The summed E-state index contributed by atoms with van der Waals surface area (Å²) in [5.41, 5.74) is 2.08. The van der Waals surface area contributed by atoms with Crippen LogP contribution in [0.1, 0.15) is 35.3 Å². The Bertz CT molecular complexity index is 502. The van der Waals surface area contributed by atoms with Crippen molar-refractivity contribution in [3.8, 4) is 0 Å². The summed E-state index contributed by atoms with van der Waals surface area (Å²) >= 11 is 0. The van der Waals surface area contributed by atoms with Crippen molar-refractivity contribution >= 4 is 13.6 Å². The van der Waals surface area contributed by atoms with Crippen molar-refractivity contribution in [3.63, 3.8) is 0 Å². The van der Waals surface area contributed by atoms with Crippen LogP contribution in [0.5, 0.6) is 0 Å². The van der Waals surface area contributed by atoms with E-state index in [1.165, 1.54) is 7.11 Å². The molecule has 0 aliphatic carbocycles. The summed E-state index contributed by atoms with van der Waals surface area (Å²) in [6.45, 7) is 6.02. The van der Waals surface area contributed by atoms with E-state index >= 15 is 0 Å². The number of carbonyl (C=O) groups excluding carboxylic acids is 1. The van der Waals surface area contributed by atoms with Crippen LogP contribution in [0.4, 0.5) is 0 Å². The molecule has 0 bridgehead atoms. The van der Waals surface area contributed by atoms with Gasteiger partial charge >= 0.3 is 13.6 Å². The third-order valence-corrected chi connectivity index (χ3v) is 4.78. The predicted molar refractivity (Wildman–Crippen MR) is 77.1 cm³/mol. The molecule has 0 aliphatic rings. The summed E-state index contributed by atoms with van der Waals surface area (Å²) in [6, 6.07) is 5.21. The van der Waals surface area contributed by atoms with Gasteiger partial charge in [0.1, 0.15) is 0 Å². The Morgan fingerprint density at radius 2 is 1.80 bits per heavy atom. The lowest BCUT2D eigenvalue weighted by Crippen LogP contribution is -2.05. The SMILES string of the molecule is CCOP(=O)(Cc1ccc(C(=O)OC)c(C)c1)OCC. The van der Waals surface area contributed by atoms with Crippen molar-refractivity contribution in [2.75, 3.05) is 20.3 Å². The van der Waals surface area contributed by atoms with Gasteiger partial charge in [0.15, 0.2) is 0 Å². The molecule has 0 saturated heterocycles. The maximum Gasteiger partial charge on any atom is 0.338 e.